The molecule has 1 N–H and O–H groups in total. The second-order valence-electron chi connectivity index (χ2n) is 6.55. The summed E-state index contributed by atoms with van der Waals surface area (Å²) < 4.78 is 10.8. The molecule has 3 aromatic rings. The molecule has 6 nitrogen and oxygen atoms in total. The molecule has 0 unspecified atom stereocenters. The van der Waals surface area contributed by atoms with Crippen LogP contribution in [0.5, 0.6) is 11.5 Å². The Kier molecular flexibility index (Phi) is 5.35. The van der Waals surface area contributed by atoms with Gasteiger partial charge in [0.25, 0.3) is 5.56 Å². The number of rotatable bonds is 6. The highest BCUT2D eigenvalue weighted by Gasteiger charge is 2.17. The fraction of sp³-hybridized carbons (Fsp3) is 0.333. The van der Waals surface area contributed by atoms with Gasteiger partial charge in [-0.15, -0.1) is 0 Å². The number of aryl methyl sites for hydroxylation is 2. The van der Waals surface area contributed by atoms with Crippen LogP contribution in [0.4, 0.5) is 5.95 Å². The number of hydrogen-bond acceptors (Lipinski definition) is 5. The maximum atomic E-state index is 12.7. The first-order chi connectivity index (χ1) is 13.0. The van der Waals surface area contributed by atoms with Gasteiger partial charge in [-0.1, -0.05) is 31.2 Å². The first-order valence-corrected chi connectivity index (χ1v) is 8.93. The summed E-state index contributed by atoms with van der Waals surface area (Å²) >= 11 is 0. The van der Waals surface area contributed by atoms with Gasteiger partial charge in [0.15, 0.2) is 11.5 Å². The maximum Gasteiger partial charge on any atom is 0.260 e. The molecule has 0 bridgehead atoms. The molecule has 0 radical (unpaired) electrons. The van der Waals surface area contributed by atoms with Crippen LogP contribution in [0.3, 0.4) is 0 Å². The van der Waals surface area contributed by atoms with Crippen molar-refractivity contribution in [1.29, 1.82) is 0 Å². The topological polar surface area (TPSA) is 67.5 Å². The molecule has 0 fully saturated rings. The van der Waals surface area contributed by atoms with Crippen LogP contribution < -0.4 is 19.9 Å². The van der Waals surface area contributed by atoms with E-state index in [9.17, 15) is 4.79 Å². The second kappa shape index (κ2) is 7.70. The zero-order valence-corrected chi connectivity index (χ0v) is 16.4. The molecular formula is C21H25N3O3. The Morgan fingerprint density at radius 1 is 1.11 bits per heavy atom. The minimum atomic E-state index is -0.193. The Morgan fingerprint density at radius 2 is 1.78 bits per heavy atom. The van der Waals surface area contributed by atoms with Crippen LogP contribution >= 0.6 is 0 Å². The quantitative estimate of drug-likeness (QED) is 0.723. The summed E-state index contributed by atoms with van der Waals surface area (Å²) in [6, 6.07) is 10.2. The molecule has 142 valence electrons. The van der Waals surface area contributed by atoms with E-state index in [4.69, 9.17) is 9.47 Å². The van der Waals surface area contributed by atoms with Gasteiger partial charge in [0.05, 0.1) is 25.1 Å². The highest BCUT2D eigenvalue weighted by molar-refractivity contribution is 5.86. The molecule has 1 heterocycles. The monoisotopic (exact) mass is 367 g/mol. The molecule has 0 aliphatic carbocycles. The Balaban J connectivity index is 2.00. The number of nitrogens with one attached hydrogen (secondary N) is 1. The predicted molar refractivity (Wildman–Crippen MR) is 108 cm³/mol. The maximum absolute atomic E-state index is 12.7. The number of benzene rings is 2. The number of nitrogens with zero attached hydrogens (tertiary/aromatic N) is 2. The van der Waals surface area contributed by atoms with E-state index in [2.05, 4.69) is 41.2 Å². The number of anilines is 1. The van der Waals surface area contributed by atoms with Gasteiger partial charge in [-0.05, 0) is 24.5 Å². The molecule has 0 aliphatic heterocycles. The van der Waals surface area contributed by atoms with Gasteiger partial charge in [0, 0.05) is 25.2 Å². The van der Waals surface area contributed by atoms with Crippen molar-refractivity contribution < 1.29 is 9.47 Å². The Bertz CT molecular complexity index is 1010. The highest BCUT2D eigenvalue weighted by Crippen LogP contribution is 2.35. The van der Waals surface area contributed by atoms with E-state index in [1.54, 1.807) is 20.3 Å². The van der Waals surface area contributed by atoms with Crippen LogP contribution in [-0.4, -0.2) is 31.2 Å². The summed E-state index contributed by atoms with van der Waals surface area (Å²) in [5.41, 5.74) is 3.56. The third kappa shape index (κ3) is 3.60. The molecular weight excluding hydrogens is 342 g/mol. The minimum absolute atomic E-state index is 0.193. The van der Waals surface area contributed by atoms with Crippen molar-refractivity contribution in [1.82, 2.24) is 9.97 Å². The van der Waals surface area contributed by atoms with Gasteiger partial charge in [0.1, 0.15) is 0 Å². The third-order valence-electron chi connectivity index (χ3n) is 4.78. The highest BCUT2D eigenvalue weighted by atomic mass is 16.5. The summed E-state index contributed by atoms with van der Waals surface area (Å²) in [4.78, 5) is 22.2. The summed E-state index contributed by atoms with van der Waals surface area (Å²) in [6.07, 6.45) is 1.01. The van der Waals surface area contributed by atoms with Crippen LogP contribution in [-0.2, 0) is 13.0 Å². The lowest BCUT2D eigenvalue weighted by atomic mass is 10.1. The van der Waals surface area contributed by atoms with Crippen molar-refractivity contribution >= 4 is 16.9 Å². The summed E-state index contributed by atoms with van der Waals surface area (Å²) in [5.74, 6) is 1.62. The number of aromatic amines is 1. The molecule has 1 aromatic heterocycles. The molecule has 2 aromatic carbocycles. The largest absolute Gasteiger partial charge is 0.493 e. The summed E-state index contributed by atoms with van der Waals surface area (Å²) in [5, 5.41) is 0.511. The lowest BCUT2D eigenvalue weighted by Gasteiger charge is -2.19. The molecule has 0 saturated carbocycles. The molecule has 6 heteroatoms. The van der Waals surface area contributed by atoms with Crippen molar-refractivity contribution in [2.24, 2.45) is 0 Å². The number of ether oxygens (including phenoxy) is 2. The molecule has 3 rings (SSSR count). The number of aromatic nitrogens is 2. The van der Waals surface area contributed by atoms with Gasteiger partial charge in [0.2, 0.25) is 5.95 Å². The number of H-pyrrole nitrogens is 1. The third-order valence-corrected chi connectivity index (χ3v) is 4.78. The van der Waals surface area contributed by atoms with E-state index in [1.807, 2.05) is 18.9 Å². The van der Waals surface area contributed by atoms with E-state index in [0.29, 0.717) is 40.5 Å². The van der Waals surface area contributed by atoms with Crippen molar-refractivity contribution in [2.75, 3.05) is 26.2 Å². The minimum Gasteiger partial charge on any atom is -0.493 e. The molecule has 27 heavy (non-hydrogen) atoms. The SMILES string of the molecule is CCc1ccc(CN(C)c2nc3cc(OC)c(OC)c(C)c3c(=O)[nH]2)cc1. The predicted octanol–water partition coefficient (Wildman–Crippen LogP) is 3.45. The lowest BCUT2D eigenvalue weighted by Crippen LogP contribution is -2.23. The van der Waals surface area contributed by atoms with E-state index < -0.39 is 0 Å². The van der Waals surface area contributed by atoms with Crippen LogP contribution in [0.25, 0.3) is 10.9 Å². The molecule has 0 saturated heterocycles. The second-order valence-corrected chi connectivity index (χ2v) is 6.55. The molecule has 0 amide bonds. The Labute approximate surface area is 158 Å². The van der Waals surface area contributed by atoms with Crippen molar-refractivity contribution in [3.05, 3.63) is 57.4 Å². The average Bonchev–Trinajstić information content (AvgIpc) is 2.67. The average molecular weight is 367 g/mol. The standard InChI is InChI=1S/C21H25N3O3/c1-6-14-7-9-15(10-8-14)12-24(3)21-22-16-11-17(26-4)19(27-5)13(2)18(16)20(25)23-21/h7-11H,6,12H2,1-5H3,(H,22,23,25). The number of methoxy groups -OCH3 is 2. The number of hydrogen-bond donors (Lipinski definition) is 1. The first kappa shape index (κ1) is 18.8. The Morgan fingerprint density at radius 3 is 2.37 bits per heavy atom. The lowest BCUT2D eigenvalue weighted by molar-refractivity contribution is 0.354. The van der Waals surface area contributed by atoms with E-state index in [1.165, 1.54) is 5.56 Å². The Hall–Kier alpha value is -3.02. The molecule has 0 spiro atoms. The molecule has 0 aliphatic rings. The first-order valence-electron chi connectivity index (χ1n) is 8.93. The smallest absolute Gasteiger partial charge is 0.260 e. The zero-order valence-electron chi connectivity index (χ0n) is 16.4. The van der Waals surface area contributed by atoms with E-state index >= 15 is 0 Å². The normalized spacial score (nSPS) is 10.9. The zero-order chi connectivity index (χ0) is 19.6. The van der Waals surface area contributed by atoms with Crippen molar-refractivity contribution in [3.8, 4) is 11.5 Å². The van der Waals surface area contributed by atoms with Gasteiger partial charge in [-0.25, -0.2) is 4.98 Å². The molecule has 0 atom stereocenters. The van der Waals surface area contributed by atoms with E-state index in [-0.39, 0.29) is 5.56 Å². The van der Waals surface area contributed by atoms with Crippen LogP contribution in [0, 0.1) is 6.92 Å². The fourth-order valence-electron chi connectivity index (χ4n) is 3.25. The van der Waals surface area contributed by atoms with Crippen LogP contribution in [0.15, 0.2) is 35.1 Å². The van der Waals surface area contributed by atoms with E-state index in [0.717, 1.165) is 12.0 Å². The van der Waals surface area contributed by atoms with Crippen molar-refractivity contribution in [3.63, 3.8) is 0 Å². The van der Waals surface area contributed by atoms with Crippen molar-refractivity contribution in [2.45, 2.75) is 26.8 Å². The van der Waals surface area contributed by atoms with Gasteiger partial charge in [-0.3, -0.25) is 9.78 Å². The fourth-order valence-corrected chi connectivity index (χ4v) is 3.25. The van der Waals surface area contributed by atoms with Gasteiger partial charge < -0.3 is 14.4 Å². The van der Waals surface area contributed by atoms with Gasteiger partial charge >= 0.3 is 0 Å². The van der Waals surface area contributed by atoms with Crippen LogP contribution in [0.1, 0.15) is 23.6 Å². The summed E-state index contributed by atoms with van der Waals surface area (Å²) in [7, 11) is 5.04. The van der Waals surface area contributed by atoms with Gasteiger partial charge in [-0.2, -0.15) is 0 Å². The summed E-state index contributed by atoms with van der Waals surface area (Å²) in [6.45, 7) is 4.61. The van der Waals surface area contributed by atoms with Crippen LogP contribution in [0.2, 0.25) is 0 Å². The number of fused-ring (bicyclic) bond motifs is 1.